The Kier molecular flexibility index (Phi) is 3.21. The van der Waals surface area contributed by atoms with Crippen LogP contribution in [0.25, 0.3) is 0 Å². The van der Waals surface area contributed by atoms with Gasteiger partial charge in [0.05, 0.1) is 6.10 Å². The van der Waals surface area contributed by atoms with Gasteiger partial charge in [0.2, 0.25) is 0 Å². The molecule has 3 aliphatic rings. The van der Waals surface area contributed by atoms with Gasteiger partial charge in [-0.3, -0.25) is 0 Å². The Balaban J connectivity index is 1.45. The fourth-order valence-corrected chi connectivity index (χ4v) is 3.75. The first kappa shape index (κ1) is 11.0. The van der Waals surface area contributed by atoms with Crippen molar-refractivity contribution < 1.29 is 4.74 Å². The lowest BCUT2D eigenvalue weighted by atomic mass is 9.85. The maximum absolute atomic E-state index is 5.71. The Morgan fingerprint density at radius 3 is 2.75 bits per heavy atom. The minimum atomic E-state index is 0.554. The van der Waals surface area contributed by atoms with E-state index in [9.17, 15) is 0 Å². The van der Waals surface area contributed by atoms with Crippen molar-refractivity contribution in [1.82, 2.24) is 5.32 Å². The minimum Gasteiger partial charge on any atom is -0.378 e. The standard InChI is InChI=1S/C14H25NO/c1(4-13-5-2-11-16-13)8-14(12-6-7-12)9-3-10-15-14/h12-13,15H,1-11H2. The summed E-state index contributed by atoms with van der Waals surface area (Å²) in [6.45, 7) is 2.27. The molecule has 2 nitrogen and oxygen atoms in total. The monoisotopic (exact) mass is 223 g/mol. The van der Waals surface area contributed by atoms with Gasteiger partial charge in [0, 0.05) is 12.1 Å². The molecule has 0 aromatic heterocycles. The molecule has 0 radical (unpaired) electrons. The molecule has 0 aromatic carbocycles. The quantitative estimate of drug-likeness (QED) is 0.774. The highest BCUT2D eigenvalue weighted by atomic mass is 16.5. The maximum Gasteiger partial charge on any atom is 0.0576 e. The van der Waals surface area contributed by atoms with Crippen LogP contribution < -0.4 is 5.32 Å². The van der Waals surface area contributed by atoms with Crippen LogP contribution in [-0.4, -0.2) is 24.8 Å². The molecule has 2 aliphatic heterocycles. The van der Waals surface area contributed by atoms with Crippen LogP contribution in [0.5, 0.6) is 0 Å². The van der Waals surface area contributed by atoms with E-state index >= 15 is 0 Å². The van der Waals surface area contributed by atoms with Gasteiger partial charge in [0.15, 0.2) is 0 Å². The molecule has 2 saturated heterocycles. The molecule has 0 bridgehead atoms. The summed E-state index contributed by atoms with van der Waals surface area (Å²) in [7, 11) is 0. The summed E-state index contributed by atoms with van der Waals surface area (Å²) in [4.78, 5) is 0. The first-order valence-corrected chi connectivity index (χ1v) is 7.26. The van der Waals surface area contributed by atoms with Crippen molar-refractivity contribution in [2.45, 2.75) is 69.4 Å². The molecule has 2 heterocycles. The van der Waals surface area contributed by atoms with Gasteiger partial charge >= 0.3 is 0 Å². The number of hydrogen-bond donors (Lipinski definition) is 1. The third-order valence-electron chi connectivity index (χ3n) is 4.81. The van der Waals surface area contributed by atoms with Crippen molar-refractivity contribution in [1.29, 1.82) is 0 Å². The molecular formula is C14H25NO. The summed E-state index contributed by atoms with van der Waals surface area (Å²) in [5.41, 5.74) is 0.554. The average Bonchev–Trinajstić information content (AvgIpc) is 2.85. The second kappa shape index (κ2) is 4.66. The predicted molar refractivity (Wildman–Crippen MR) is 65.5 cm³/mol. The fourth-order valence-electron chi connectivity index (χ4n) is 3.75. The largest absolute Gasteiger partial charge is 0.378 e. The van der Waals surface area contributed by atoms with Gasteiger partial charge in [-0.15, -0.1) is 0 Å². The number of hydrogen-bond acceptors (Lipinski definition) is 2. The lowest BCUT2D eigenvalue weighted by Crippen LogP contribution is -2.42. The molecule has 3 fully saturated rings. The molecule has 1 saturated carbocycles. The second-order valence-corrected chi connectivity index (χ2v) is 5.99. The predicted octanol–water partition coefficient (Wildman–Crippen LogP) is 2.87. The van der Waals surface area contributed by atoms with Crippen LogP contribution in [0.1, 0.15) is 57.8 Å². The van der Waals surface area contributed by atoms with E-state index in [1.807, 2.05) is 0 Å². The summed E-state index contributed by atoms with van der Waals surface area (Å²) < 4.78 is 5.71. The Hall–Kier alpha value is -0.0800. The first-order valence-electron chi connectivity index (χ1n) is 7.26. The van der Waals surface area contributed by atoms with E-state index in [0.29, 0.717) is 11.6 Å². The molecule has 16 heavy (non-hydrogen) atoms. The molecule has 0 spiro atoms. The topological polar surface area (TPSA) is 21.3 Å². The Morgan fingerprint density at radius 1 is 1.19 bits per heavy atom. The zero-order chi connectivity index (χ0) is 10.8. The van der Waals surface area contributed by atoms with Gasteiger partial charge in [-0.1, -0.05) is 0 Å². The average molecular weight is 223 g/mol. The Morgan fingerprint density at radius 2 is 2.12 bits per heavy atom. The van der Waals surface area contributed by atoms with Gasteiger partial charge in [0.25, 0.3) is 0 Å². The summed E-state index contributed by atoms with van der Waals surface area (Å²) in [5.74, 6) is 1.01. The molecule has 2 atom stereocenters. The van der Waals surface area contributed by atoms with E-state index in [0.717, 1.165) is 12.5 Å². The first-order chi connectivity index (χ1) is 7.89. The van der Waals surface area contributed by atoms with Crippen LogP contribution in [0.4, 0.5) is 0 Å². The lowest BCUT2D eigenvalue weighted by Gasteiger charge is -2.30. The van der Waals surface area contributed by atoms with E-state index in [2.05, 4.69) is 5.32 Å². The van der Waals surface area contributed by atoms with Crippen LogP contribution in [0.15, 0.2) is 0 Å². The number of rotatable bonds is 5. The van der Waals surface area contributed by atoms with Crippen molar-refractivity contribution in [2.75, 3.05) is 13.2 Å². The van der Waals surface area contributed by atoms with E-state index in [4.69, 9.17) is 4.74 Å². The van der Waals surface area contributed by atoms with Crippen LogP contribution in [0.2, 0.25) is 0 Å². The van der Waals surface area contributed by atoms with Crippen molar-refractivity contribution in [3.8, 4) is 0 Å². The van der Waals surface area contributed by atoms with E-state index in [-0.39, 0.29) is 0 Å². The molecule has 92 valence electrons. The fraction of sp³-hybridized carbons (Fsp3) is 1.00. The van der Waals surface area contributed by atoms with Gasteiger partial charge in [-0.05, 0) is 70.3 Å². The summed E-state index contributed by atoms with van der Waals surface area (Å²) in [5, 5.41) is 3.82. The molecule has 0 aromatic rings. The third-order valence-corrected chi connectivity index (χ3v) is 4.81. The zero-order valence-corrected chi connectivity index (χ0v) is 10.3. The van der Waals surface area contributed by atoms with Gasteiger partial charge < -0.3 is 10.1 Å². The highest BCUT2D eigenvalue weighted by Crippen LogP contribution is 2.46. The van der Waals surface area contributed by atoms with Crippen molar-refractivity contribution in [3.05, 3.63) is 0 Å². The summed E-state index contributed by atoms with van der Waals surface area (Å²) in [6.07, 6.45) is 13.1. The SMILES string of the molecule is C1COC(CCCC2(C3CC3)CCCN2)C1. The molecule has 1 aliphatic carbocycles. The molecule has 3 rings (SSSR count). The zero-order valence-electron chi connectivity index (χ0n) is 10.3. The lowest BCUT2D eigenvalue weighted by molar-refractivity contribution is 0.0988. The third kappa shape index (κ3) is 2.28. The number of nitrogens with one attached hydrogen (secondary N) is 1. The van der Waals surface area contributed by atoms with Crippen LogP contribution >= 0.6 is 0 Å². The van der Waals surface area contributed by atoms with Crippen LogP contribution in [0, 0.1) is 5.92 Å². The summed E-state index contributed by atoms with van der Waals surface area (Å²) >= 11 is 0. The minimum absolute atomic E-state index is 0.554. The van der Waals surface area contributed by atoms with Crippen molar-refractivity contribution in [3.63, 3.8) is 0 Å². The smallest absolute Gasteiger partial charge is 0.0576 e. The van der Waals surface area contributed by atoms with Crippen LogP contribution in [0.3, 0.4) is 0 Å². The highest BCUT2D eigenvalue weighted by molar-refractivity contribution is 5.03. The molecule has 2 unspecified atom stereocenters. The van der Waals surface area contributed by atoms with E-state index < -0.39 is 0 Å². The maximum atomic E-state index is 5.71. The van der Waals surface area contributed by atoms with Gasteiger partial charge in [-0.25, -0.2) is 0 Å². The van der Waals surface area contributed by atoms with Gasteiger partial charge in [-0.2, -0.15) is 0 Å². The van der Waals surface area contributed by atoms with Crippen LogP contribution in [-0.2, 0) is 4.74 Å². The normalized spacial score (nSPS) is 39.4. The molecular weight excluding hydrogens is 198 g/mol. The summed E-state index contributed by atoms with van der Waals surface area (Å²) in [6, 6.07) is 0. The van der Waals surface area contributed by atoms with E-state index in [1.54, 1.807) is 0 Å². The van der Waals surface area contributed by atoms with Crippen molar-refractivity contribution in [2.24, 2.45) is 5.92 Å². The molecule has 2 heteroatoms. The van der Waals surface area contributed by atoms with Gasteiger partial charge in [0.1, 0.15) is 0 Å². The Labute approximate surface area is 99.1 Å². The Bertz CT molecular complexity index is 225. The molecule has 0 amide bonds. The second-order valence-electron chi connectivity index (χ2n) is 5.99. The van der Waals surface area contributed by atoms with Crippen molar-refractivity contribution >= 4 is 0 Å². The number of ether oxygens (including phenoxy) is 1. The highest BCUT2D eigenvalue weighted by Gasteiger charge is 2.45. The van der Waals surface area contributed by atoms with E-state index in [1.165, 1.54) is 64.3 Å². The molecule has 1 N–H and O–H groups in total.